The Hall–Kier alpha value is -1.68. The van der Waals surface area contributed by atoms with E-state index in [1.54, 1.807) is 12.2 Å². The second kappa shape index (κ2) is 11.8. The van der Waals surface area contributed by atoms with Gasteiger partial charge in [-0.15, -0.1) is 0 Å². The van der Waals surface area contributed by atoms with E-state index in [2.05, 4.69) is 6.92 Å². The first kappa shape index (κ1) is 20.4. The summed E-state index contributed by atoms with van der Waals surface area (Å²) in [6.07, 6.45) is 16.7. The Morgan fingerprint density at radius 2 is 2.12 bits per heavy atom. The van der Waals surface area contributed by atoms with Gasteiger partial charge in [-0.3, -0.25) is 4.79 Å². The molecule has 0 aromatic rings. The van der Waals surface area contributed by atoms with Crippen LogP contribution in [-0.4, -0.2) is 23.0 Å². The molecule has 0 unspecified atom stereocenters. The van der Waals surface area contributed by atoms with Gasteiger partial charge in [-0.2, -0.15) is 0 Å². The van der Waals surface area contributed by atoms with Crippen molar-refractivity contribution in [2.24, 2.45) is 11.8 Å². The van der Waals surface area contributed by atoms with E-state index in [4.69, 9.17) is 0 Å². The van der Waals surface area contributed by atoms with Crippen LogP contribution in [0, 0.1) is 11.8 Å². The van der Waals surface area contributed by atoms with Crippen molar-refractivity contribution in [1.29, 1.82) is 0 Å². The average molecular weight is 333 g/mol. The molecule has 0 saturated carbocycles. The van der Waals surface area contributed by atoms with Gasteiger partial charge in [0, 0.05) is 11.9 Å². The highest BCUT2D eigenvalue weighted by Crippen LogP contribution is 2.27. The maximum atomic E-state index is 12.0. The van der Waals surface area contributed by atoms with Crippen molar-refractivity contribution in [2.75, 3.05) is 0 Å². The quantitative estimate of drug-likeness (QED) is 0.440. The largest absolute Gasteiger partial charge is 0.550 e. The molecule has 0 spiro atoms. The molecule has 0 saturated heterocycles. The number of carbonyl (C=O) groups excluding carboxylic acids is 2. The lowest BCUT2D eigenvalue weighted by molar-refractivity contribution is -0.305. The summed E-state index contributed by atoms with van der Waals surface area (Å²) in [7, 11) is 0. The summed E-state index contributed by atoms with van der Waals surface area (Å²) in [5.74, 6) is -1.01. The lowest BCUT2D eigenvalue weighted by atomic mass is 9.90. The Morgan fingerprint density at radius 1 is 1.33 bits per heavy atom. The molecule has 1 aliphatic rings. The van der Waals surface area contributed by atoms with Gasteiger partial charge in [0.2, 0.25) is 0 Å². The van der Waals surface area contributed by atoms with Crippen LogP contribution in [-0.2, 0) is 9.59 Å². The number of carbonyl (C=O) groups is 2. The van der Waals surface area contributed by atoms with Crippen LogP contribution >= 0.6 is 0 Å². The number of rotatable bonds is 12. The number of ketones is 1. The number of aliphatic hydroxyl groups excluding tert-OH is 1. The number of aliphatic carboxylic acids is 1. The third kappa shape index (κ3) is 8.25. The van der Waals surface area contributed by atoms with Crippen LogP contribution in [0.15, 0.2) is 36.5 Å². The fourth-order valence-electron chi connectivity index (χ4n) is 2.81. The molecule has 3 atom stereocenters. The van der Waals surface area contributed by atoms with E-state index in [-0.39, 0.29) is 24.0 Å². The minimum Gasteiger partial charge on any atom is -0.550 e. The first-order valence-corrected chi connectivity index (χ1v) is 8.97. The van der Waals surface area contributed by atoms with E-state index in [0.717, 1.165) is 32.1 Å². The predicted molar refractivity (Wildman–Crippen MR) is 93.0 cm³/mol. The van der Waals surface area contributed by atoms with Crippen molar-refractivity contribution in [3.8, 4) is 0 Å². The number of allylic oxidation sites excluding steroid dienone is 5. The monoisotopic (exact) mass is 333 g/mol. The molecular weight excluding hydrogens is 304 g/mol. The van der Waals surface area contributed by atoms with Crippen LogP contribution < -0.4 is 5.11 Å². The van der Waals surface area contributed by atoms with E-state index in [1.165, 1.54) is 0 Å². The number of hydrogen-bond acceptors (Lipinski definition) is 4. The van der Waals surface area contributed by atoms with Gasteiger partial charge in [-0.25, -0.2) is 0 Å². The smallest absolute Gasteiger partial charge is 0.162 e. The maximum absolute atomic E-state index is 12.0. The van der Waals surface area contributed by atoms with Crippen LogP contribution in [0.4, 0.5) is 0 Å². The van der Waals surface area contributed by atoms with Gasteiger partial charge in [0.25, 0.3) is 0 Å². The molecule has 0 amide bonds. The van der Waals surface area contributed by atoms with Gasteiger partial charge in [0.05, 0.1) is 6.10 Å². The highest BCUT2D eigenvalue weighted by atomic mass is 16.4. The van der Waals surface area contributed by atoms with Gasteiger partial charge in [-0.05, 0) is 44.1 Å². The second-order valence-corrected chi connectivity index (χ2v) is 6.37. The maximum Gasteiger partial charge on any atom is 0.162 e. The van der Waals surface area contributed by atoms with E-state index in [0.29, 0.717) is 12.8 Å². The lowest BCUT2D eigenvalue weighted by Crippen LogP contribution is -2.21. The number of carboxylic acids is 1. The summed E-state index contributed by atoms with van der Waals surface area (Å²) >= 11 is 0. The molecular formula is C20H29O4-. The van der Waals surface area contributed by atoms with Crippen LogP contribution in [0.1, 0.15) is 58.3 Å². The van der Waals surface area contributed by atoms with Crippen molar-refractivity contribution < 1.29 is 19.8 Å². The summed E-state index contributed by atoms with van der Waals surface area (Å²) in [6.45, 7) is 2.13. The predicted octanol–water partition coefficient (Wildman–Crippen LogP) is 2.72. The normalized spacial score (nSPS) is 22.0. The molecule has 0 bridgehead atoms. The zero-order chi connectivity index (χ0) is 17.8. The summed E-state index contributed by atoms with van der Waals surface area (Å²) in [5, 5.41) is 20.3. The molecule has 0 fully saturated rings. The lowest BCUT2D eigenvalue weighted by Gasteiger charge is -2.13. The minimum atomic E-state index is -1.02. The van der Waals surface area contributed by atoms with Gasteiger partial charge >= 0.3 is 0 Å². The zero-order valence-corrected chi connectivity index (χ0v) is 14.5. The first-order valence-electron chi connectivity index (χ1n) is 8.97. The highest BCUT2D eigenvalue weighted by molar-refractivity contribution is 5.95. The van der Waals surface area contributed by atoms with Crippen molar-refractivity contribution in [3.63, 3.8) is 0 Å². The molecule has 1 aliphatic carbocycles. The standard InChI is InChI=1S/C20H30O4/c1-2-3-6-10-17(21)13-14-18-16(12-15-19(18)22)9-7-4-5-8-11-20(23)24/h4,7,12-18,21H,2-3,5-6,8-11H2,1H3,(H,23,24)/p-1/b7-4-,14-13+/t16-,17-,18+/m0/s1. The molecule has 0 aromatic carbocycles. The molecule has 0 aromatic heterocycles. The number of unbranched alkanes of at least 4 members (excludes halogenated alkanes) is 3. The molecule has 1 rings (SSSR count). The van der Waals surface area contributed by atoms with Gasteiger partial charge in [-0.1, -0.05) is 56.6 Å². The van der Waals surface area contributed by atoms with Crippen molar-refractivity contribution >= 4 is 11.8 Å². The van der Waals surface area contributed by atoms with Crippen LogP contribution in [0.2, 0.25) is 0 Å². The van der Waals surface area contributed by atoms with Crippen LogP contribution in [0.3, 0.4) is 0 Å². The minimum absolute atomic E-state index is 0.0768. The Labute approximate surface area is 145 Å². The SMILES string of the molecule is CCCCC[C@H](O)/C=C/[C@H]1C(=O)C=C[C@@H]1C/C=C\CCCC(=O)[O-]. The third-order valence-corrected chi connectivity index (χ3v) is 4.27. The van der Waals surface area contributed by atoms with Crippen molar-refractivity contribution in [1.82, 2.24) is 0 Å². The third-order valence-electron chi connectivity index (χ3n) is 4.27. The number of aliphatic hydroxyl groups is 1. The van der Waals surface area contributed by atoms with Crippen LogP contribution in [0.25, 0.3) is 0 Å². The summed E-state index contributed by atoms with van der Waals surface area (Å²) in [5.41, 5.74) is 0. The van der Waals surface area contributed by atoms with Gasteiger partial charge in [0.15, 0.2) is 5.78 Å². The fourth-order valence-corrected chi connectivity index (χ4v) is 2.81. The van der Waals surface area contributed by atoms with E-state index in [9.17, 15) is 19.8 Å². The first-order chi connectivity index (χ1) is 11.5. The Bertz CT molecular complexity index is 476. The van der Waals surface area contributed by atoms with Crippen molar-refractivity contribution in [3.05, 3.63) is 36.5 Å². The fraction of sp³-hybridized carbons (Fsp3) is 0.600. The van der Waals surface area contributed by atoms with E-state index < -0.39 is 12.1 Å². The molecule has 1 N–H and O–H groups in total. The summed E-state index contributed by atoms with van der Waals surface area (Å²) in [6, 6.07) is 0. The van der Waals surface area contributed by atoms with E-state index >= 15 is 0 Å². The highest BCUT2D eigenvalue weighted by Gasteiger charge is 2.26. The molecule has 4 nitrogen and oxygen atoms in total. The topological polar surface area (TPSA) is 77.4 Å². The molecule has 0 aliphatic heterocycles. The molecule has 134 valence electrons. The Kier molecular flexibility index (Phi) is 10.0. The van der Waals surface area contributed by atoms with Gasteiger partial charge < -0.3 is 15.0 Å². The Morgan fingerprint density at radius 3 is 2.83 bits per heavy atom. The molecule has 4 heteroatoms. The summed E-state index contributed by atoms with van der Waals surface area (Å²) in [4.78, 5) is 22.3. The summed E-state index contributed by atoms with van der Waals surface area (Å²) < 4.78 is 0. The average Bonchev–Trinajstić information content (AvgIpc) is 2.89. The molecule has 0 radical (unpaired) electrons. The molecule has 24 heavy (non-hydrogen) atoms. The van der Waals surface area contributed by atoms with Gasteiger partial charge in [0.1, 0.15) is 0 Å². The second-order valence-electron chi connectivity index (χ2n) is 6.37. The van der Waals surface area contributed by atoms with E-state index in [1.807, 2.05) is 24.3 Å². The van der Waals surface area contributed by atoms with Crippen LogP contribution in [0.5, 0.6) is 0 Å². The Balaban J connectivity index is 2.38. The number of carboxylic acid groups (broad SMARTS) is 1. The van der Waals surface area contributed by atoms with Crippen molar-refractivity contribution in [2.45, 2.75) is 64.4 Å². The molecule has 0 heterocycles. The number of hydrogen-bond donors (Lipinski definition) is 1. The zero-order valence-electron chi connectivity index (χ0n) is 14.5.